The first kappa shape index (κ1) is 20.5. The highest BCUT2D eigenvalue weighted by atomic mass is 35.5. The van der Waals surface area contributed by atoms with Gasteiger partial charge in [0.2, 0.25) is 5.95 Å². The Morgan fingerprint density at radius 1 is 1.12 bits per heavy atom. The molecule has 168 valence electrons. The number of nitrogens with zero attached hydrogens (tertiary/aromatic N) is 4. The summed E-state index contributed by atoms with van der Waals surface area (Å²) < 4.78 is 1.78. The maximum absolute atomic E-state index is 7.14. The number of anilines is 2. The van der Waals surface area contributed by atoms with Crippen LogP contribution in [0.2, 0.25) is 0 Å². The molecule has 4 aromatic rings. The van der Waals surface area contributed by atoms with Crippen LogP contribution in [0.3, 0.4) is 0 Å². The maximum Gasteiger partial charge on any atom is 0.223 e. The minimum absolute atomic E-state index is 0.132. The molecule has 2 aliphatic rings. The number of aryl methyl sites for hydroxylation is 1. The van der Waals surface area contributed by atoms with Gasteiger partial charge in [0.1, 0.15) is 5.82 Å². The number of alkyl halides is 1. The number of hydrogen-bond acceptors (Lipinski definition) is 5. The third-order valence-electron chi connectivity index (χ3n) is 7.00. The number of fused-ring (bicyclic) bond motifs is 1. The molecule has 0 radical (unpaired) electrons. The molecule has 1 aromatic carbocycles. The Kier molecular flexibility index (Phi) is 4.80. The second-order valence-electron chi connectivity index (χ2n) is 9.45. The van der Waals surface area contributed by atoms with Crippen molar-refractivity contribution in [2.24, 2.45) is 0 Å². The van der Waals surface area contributed by atoms with E-state index in [0.29, 0.717) is 17.8 Å². The molecule has 7 heteroatoms. The van der Waals surface area contributed by atoms with E-state index in [4.69, 9.17) is 27.4 Å². The predicted octanol–water partition coefficient (Wildman–Crippen LogP) is 5.66. The molecule has 0 spiro atoms. The van der Waals surface area contributed by atoms with E-state index >= 15 is 0 Å². The van der Waals surface area contributed by atoms with Gasteiger partial charge in [-0.25, -0.2) is 14.5 Å². The largest absolute Gasteiger partial charge is 0.384 e. The van der Waals surface area contributed by atoms with Crippen molar-refractivity contribution in [3.8, 4) is 11.3 Å². The molecular formula is C26H27ClN6. The summed E-state index contributed by atoms with van der Waals surface area (Å²) in [6.07, 6.45) is 7.57. The lowest BCUT2D eigenvalue weighted by Gasteiger charge is -2.14. The first-order chi connectivity index (χ1) is 16.0. The van der Waals surface area contributed by atoms with Crippen LogP contribution in [0.25, 0.3) is 16.8 Å². The fraction of sp³-hybridized carbons (Fsp3) is 0.346. The third-order valence-corrected chi connectivity index (χ3v) is 7.63. The fourth-order valence-corrected chi connectivity index (χ4v) is 5.47. The quantitative estimate of drug-likeness (QED) is 0.377. The Bertz CT molecular complexity index is 1340. The zero-order valence-corrected chi connectivity index (χ0v) is 19.4. The molecule has 3 heterocycles. The number of pyridine rings is 1. The lowest BCUT2D eigenvalue weighted by molar-refractivity contribution is 0.740. The third kappa shape index (κ3) is 3.72. The molecule has 0 amide bonds. The fourth-order valence-electron chi connectivity index (χ4n) is 5.10. The molecule has 3 aromatic heterocycles. The van der Waals surface area contributed by atoms with Crippen LogP contribution >= 0.6 is 11.6 Å². The predicted molar refractivity (Wildman–Crippen MR) is 133 cm³/mol. The summed E-state index contributed by atoms with van der Waals surface area (Å²) in [5.74, 6) is 1.42. The zero-order chi connectivity index (χ0) is 22.6. The lowest BCUT2D eigenvalue weighted by Crippen LogP contribution is -2.17. The second-order valence-corrected chi connectivity index (χ2v) is 10.1. The highest BCUT2D eigenvalue weighted by Gasteiger charge is 2.56. The van der Waals surface area contributed by atoms with Gasteiger partial charge in [-0.1, -0.05) is 36.6 Å². The second kappa shape index (κ2) is 7.73. The summed E-state index contributed by atoms with van der Waals surface area (Å²) in [6.45, 7) is 2.08. The summed E-state index contributed by atoms with van der Waals surface area (Å²) in [5, 5.41) is 8.21. The Balaban J connectivity index is 1.29. The van der Waals surface area contributed by atoms with Gasteiger partial charge in [0.05, 0.1) is 21.8 Å². The van der Waals surface area contributed by atoms with E-state index in [1.54, 1.807) is 4.52 Å². The van der Waals surface area contributed by atoms with Gasteiger partial charge < -0.3 is 11.1 Å². The van der Waals surface area contributed by atoms with E-state index in [1.165, 1.54) is 31.2 Å². The number of rotatable bonds is 5. The highest BCUT2D eigenvalue weighted by molar-refractivity contribution is 6.27. The van der Waals surface area contributed by atoms with Gasteiger partial charge in [0, 0.05) is 23.7 Å². The smallest absolute Gasteiger partial charge is 0.223 e. The number of nitrogen functional groups attached to an aromatic ring is 1. The molecule has 0 aliphatic heterocycles. The average molecular weight is 459 g/mol. The van der Waals surface area contributed by atoms with Crippen LogP contribution in [0.15, 0.2) is 54.7 Å². The Hall–Kier alpha value is -3.12. The van der Waals surface area contributed by atoms with Crippen LogP contribution in [-0.4, -0.2) is 25.6 Å². The number of aromatic nitrogens is 4. The summed E-state index contributed by atoms with van der Waals surface area (Å²) in [6, 6.07) is 16.9. The van der Waals surface area contributed by atoms with Crippen LogP contribution in [0.4, 0.5) is 11.8 Å². The van der Waals surface area contributed by atoms with Crippen molar-refractivity contribution < 1.29 is 0 Å². The SMILES string of the molecule is Cc1cccc(-c2cc3cc(C4(Cl)CC4c4ccnc(NC5CCCC5)n4)cc(N)n3n2)c1. The van der Waals surface area contributed by atoms with E-state index in [0.717, 1.165) is 34.5 Å². The summed E-state index contributed by atoms with van der Waals surface area (Å²) in [4.78, 5) is 8.72. The molecule has 2 aliphatic carbocycles. The standard InChI is InChI=1S/C26H27ClN6/c1-16-5-4-6-17(11-16)23-14-20-12-18(13-24(28)33(20)32-23)26(27)15-21(26)22-9-10-29-25(31-22)30-19-7-2-3-8-19/h4-6,9-14,19,21H,2-3,7-8,15,28H2,1H3,(H,29,30,31). The van der Waals surface area contributed by atoms with Gasteiger partial charge in [0.15, 0.2) is 0 Å². The molecule has 2 unspecified atom stereocenters. The van der Waals surface area contributed by atoms with Crippen molar-refractivity contribution >= 4 is 28.9 Å². The van der Waals surface area contributed by atoms with E-state index in [-0.39, 0.29) is 5.92 Å². The summed E-state index contributed by atoms with van der Waals surface area (Å²) in [7, 11) is 0. The monoisotopic (exact) mass is 458 g/mol. The van der Waals surface area contributed by atoms with Crippen molar-refractivity contribution in [3.63, 3.8) is 0 Å². The topological polar surface area (TPSA) is 81.1 Å². The molecule has 2 fully saturated rings. The van der Waals surface area contributed by atoms with Gasteiger partial charge in [-0.05, 0) is 62.1 Å². The summed E-state index contributed by atoms with van der Waals surface area (Å²) in [5.41, 5.74) is 12.5. The van der Waals surface area contributed by atoms with Gasteiger partial charge in [-0.15, -0.1) is 11.6 Å². The molecule has 3 N–H and O–H groups in total. The van der Waals surface area contributed by atoms with Gasteiger partial charge >= 0.3 is 0 Å². The van der Waals surface area contributed by atoms with Crippen molar-refractivity contribution in [1.29, 1.82) is 0 Å². The maximum atomic E-state index is 7.14. The molecule has 33 heavy (non-hydrogen) atoms. The number of halogens is 1. The van der Waals surface area contributed by atoms with Crippen molar-refractivity contribution in [2.45, 2.75) is 55.9 Å². The Labute approximate surface area is 198 Å². The summed E-state index contributed by atoms with van der Waals surface area (Å²) >= 11 is 7.14. The van der Waals surface area contributed by atoms with Gasteiger partial charge in [0.25, 0.3) is 0 Å². The highest BCUT2D eigenvalue weighted by Crippen LogP contribution is 2.63. The van der Waals surface area contributed by atoms with Crippen LogP contribution in [-0.2, 0) is 4.87 Å². The van der Waals surface area contributed by atoms with Crippen LogP contribution < -0.4 is 11.1 Å². The van der Waals surface area contributed by atoms with Crippen molar-refractivity contribution in [1.82, 2.24) is 19.6 Å². The molecule has 2 atom stereocenters. The van der Waals surface area contributed by atoms with E-state index in [9.17, 15) is 0 Å². The molecule has 2 saturated carbocycles. The van der Waals surface area contributed by atoms with Gasteiger partial charge in [-0.3, -0.25) is 0 Å². The average Bonchev–Trinajstić information content (AvgIpc) is 3.15. The molecule has 6 nitrogen and oxygen atoms in total. The Morgan fingerprint density at radius 3 is 2.79 bits per heavy atom. The minimum atomic E-state index is -0.511. The molecule has 0 bridgehead atoms. The Morgan fingerprint density at radius 2 is 1.97 bits per heavy atom. The van der Waals surface area contributed by atoms with Gasteiger partial charge in [-0.2, -0.15) is 5.10 Å². The molecule has 6 rings (SSSR count). The van der Waals surface area contributed by atoms with E-state index in [1.807, 2.05) is 24.4 Å². The van der Waals surface area contributed by atoms with Crippen LogP contribution in [0, 0.1) is 6.92 Å². The van der Waals surface area contributed by atoms with Crippen LogP contribution in [0.5, 0.6) is 0 Å². The zero-order valence-electron chi connectivity index (χ0n) is 18.6. The number of nitrogens with two attached hydrogens (primary N) is 1. The molecule has 0 saturated heterocycles. The normalized spacial score (nSPS) is 22.7. The first-order valence-electron chi connectivity index (χ1n) is 11.6. The minimum Gasteiger partial charge on any atom is -0.384 e. The number of nitrogens with one attached hydrogen (secondary N) is 1. The van der Waals surface area contributed by atoms with E-state index < -0.39 is 4.87 Å². The lowest BCUT2D eigenvalue weighted by atomic mass is 10.1. The first-order valence-corrected chi connectivity index (χ1v) is 12.0. The number of hydrogen-bond donors (Lipinski definition) is 2. The molecular weight excluding hydrogens is 432 g/mol. The van der Waals surface area contributed by atoms with Crippen molar-refractivity contribution in [3.05, 3.63) is 71.5 Å². The van der Waals surface area contributed by atoms with Crippen LogP contribution in [0.1, 0.15) is 54.8 Å². The number of benzene rings is 1. The van der Waals surface area contributed by atoms with Crippen molar-refractivity contribution in [2.75, 3.05) is 11.1 Å². The van der Waals surface area contributed by atoms with E-state index in [2.05, 4.69) is 47.6 Å².